The summed E-state index contributed by atoms with van der Waals surface area (Å²) in [4.78, 5) is 10.7. The Morgan fingerprint density at radius 2 is 2.00 bits per heavy atom. The Morgan fingerprint density at radius 3 is 2.82 bits per heavy atom. The SMILES string of the molecule is c1cncc(-c2cccc3c4c([nH]c23)C2CCN(CC2)C4)c1. The van der Waals surface area contributed by atoms with Crippen LogP contribution in [-0.4, -0.2) is 28.0 Å². The highest BCUT2D eigenvalue weighted by atomic mass is 15.1. The molecule has 2 bridgehead atoms. The lowest BCUT2D eigenvalue weighted by Crippen LogP contribution is -2.28. The minimum atomic E-state index is 0.711. The van der Waals surface area contributed by atoms with E-state index in [0.29, 0.717) is 5.92 Å². The Kier molecular flexibility index (Phi) is 2.64. The van der Waals surface area contributed by atoms with Crippen molar-refractivity contribution in [3.63, 3.8) is 0 Å². The molecular weight excluding hydrogens is 270 g/mol. The Morgan fingerprint density at radius 1 is 1.09 bits per heavy atom. The highest BCUT2D eigenvalue weighted by molar-refractivity contribution is 5.97. The molecule has 1 fully saturated rings. The molecule has 3 aliphatic heterocycles. The maximum Gasteiger partial charge on any atom is 0.0539 e. The van der Waals surface area contributed by atoms with Crippen molar-refractivity contribution in [3.8, 4) is 11.1 Å². The number of H-pyrrole nitrogens is 1. The van der Waals surface area contributed by atoms with E-state index in [1.165, 1.54) is 59.2 Å². The van der Waals surface area contributed by atoms with Crippen LogP contribution in [0, 0.1) is 0 Å². The fourth-order valence-corrected chi connectivity index (χ4v) is 4.18. The molecular formula is C19H19N3. The van der Waals surface area contributed by atoms with Crippen LogP contribution in [0.3, 0.4) is 0 Å². The lowest BCUT2D eigenvalue weighted by atomic mass is 9.94. The van der Waals surface area contributed by atoms with Crippen molar-refractivity contribution >= 4 is 10.9 Å². The van der Waals surface area contributed by atoms with E-state index in [0.717, 1.165) is 6.54 Å². The molecule has 110 valence electrons. The summed E-state index contributed by atoms with van der Waals surface area (Å²) in [5.41, 5.74) is 6.76. The molecule has 0 aliphatic carbocycles. The van der Waals surface area contributed by atoms with Gasteiger partial charge in [-0.2, -0.15) is 0 Å². The molecule has 5 heterocycles. The Hall–Kier alpha value is -2.13. The maximum atomic E-state index is 4.28. The monoisotopic (exact) mass is 289 g/mol. The first kappa shape index (κ1) is 12.4. The lowest BCUT2D eigenvalue weighted by Gasteiger charge is -2.26. The van der Waals surface area contributed by atoms with E-state index >= 15 is 0 Å². The molecule has 1 saturated heterocycles. The van der Waals surface area contributed by atoms with Crippen molar-refractivity contribution in [2.24, 2.45) is 0 Å². The standard InChI is InChI=1S/C19H19N3/c1-4-15(14-3-2-8-20-11-14)19-16(5-1)17-12-22-9-6-13(7-10-22)18(17)21-19/h1-5,8,11,13,21H,6-7,9-10,12H2. The number of piperidine rings is 1. The second kappa shape index (κ2) is 4.68. The van der Waals surface area contributed by atoms with Gasteiger partial charge in [0.25, 0.3) is 0 Å². The third-order valence-corrected chi connectivity index (χ3v) is 5.32. The predicted molar refractivity (Wildman–Crippen MR) is 88.8 cm³/mol. The number of nitrogens with one attached hydrogen (secondary N) is 1. The molecule has 1 N–H and O–H groups in total. The van der Waals surface area contributed by atoms with Crippen molar-refractivity contribution in [2.75, 3.05) is 13.1 Å². The zero-order valence-electron chi connectivity index (χ0n) is 12.5. The van der Waals surface area contributed by atoms with Crippen LogP contribution < -0.4 is 0 Å². The maximum absolute atomic E-state index is 4.28. The van der Waals surface area contributed by atoms with Crippen molar-refractivity contribution in [3.05, 3.63) is 54.0 Å². The van der Waals surface area contributed by atoms with Gasteiger partial charge in [-0.25, -0.2) is 0 Å². The summed E-state index contributed by atoms with van der Waals surface area (Å²) in [7, 11) is 0. The second-order valence-electron chi connectivity index (χ2n) is 6.54. The van der Waals surface area contributed by atoms with Gasteiger partial charge in [0.15, 0.2) is 0 Å². The van der Waals surface area contributed by atoms with Crippen molar-refractivity contribution < 1.29 is 0 Å². The first-order chi connectivity index (χ1) is 10.9. The molecule has 3 aromatic rings. The first-order valence-corrected chi connectivity index (χ1v) is 8.16. The summed E-state index contributed by atoms with van der Waals surface area (Å²) in [6.45, 7) is 3.59. The van der Waals surface area contributed by atoms with Crippen LogP contribution in [0.15, 0.2) is 42.7 Å². The Balaban J connectivity index is 1.76. The number of rotatable bonds is 1. The molecule has 0 amide bonds. The molecule has 0 spiro atoms. The fourth-order valence-electron chi connectivity index (χ4n) is 4.18. The Bertz CT molecular complexity index is 827. The van der Waals surface area contributed by atoms with E-state index in [1.54, 1.807) is 0 Å². The van der Waals surface area contributed by atoms with Crippen LogP contribution in [0.2, 0.25) is 0 Å². The third-order valence-electron chi connectivity index (χ3n) is 5.32. The molecule has 0 saturated carbocycles. The van der Waals surface area contributed by atoms with Gasteiger partial charge in [0.05, 0.1) is 5.52 Å². The number of aromatic amines is 1. The molecule has 0 atom stereocenters. The number of para-hydroxylation sites is 1. The number of fused-ring (bicyclic) bond motifs is 3. The highest BCUT2D eigenvalue weighted by Gasteiger charge is 2.30. The van der Waals surface area contributed by atoms with Gasteiger partial charge in [0.2, 0.25) is 0 Å². The molecule has 3 aliphatic rings. The Labute approximate surface area is 130 Å². The molecule has 3 nitrogen and oxygen atoms in total. The smallest absolute Gasteiger partial charge is 0.0539 e. The van der Waals surface area contributed by atoms with Crippen molar-refractivity contribution in [2.45, 2.75) is 25.3 Å². The van der Waals surface area contributed by atoms with E-state index in [9.17, 15) is 0 Å². The van der Waals surface area contributed by atoms with Gasteiger partial charge in [-0.1, -0.05) is 24.3 Å². The topological polar surface area (TPSA) is 31.9 Å². The summed E-state index contributed by atoms with van der Waals surface area (Å²) in [5.74, 6) is 0.711. The molecule has 0 radical (unpaired) electrons. The van der Waals surface area contributed by atoms with Gasteiger partial charge in [0.1, 0.15) is 0 Å². The van der Waals surface area contributed by atoms with Gasteiger partial charge < -0.3 is 4.98 Å². The quantitative estimate of drug-likeness (QED) is 0.736. The zero-order chi connectivity index (χ0) is 14.5. The van der Waals surface area contributed by atoms with Crippen molar-refractivity contribution in [1.29, 1.82) is 0 Å². The van der Waals surface area contributed by atoms with E-state index < -0.39 is 0 Å². The summed E-state index contributed by atoms with van der Waals surface area (Å²) in [5, 5.41) is 1.40. The van der Waals surface area contributed by atoms with Gasteiger partial charge in [-0.05, 0) is 37.6 Å². The first-order valence-electron chi connectivity index (χ1n) is 8.16. The number of nitrogens with zero attached hydrogens (tertiary/aromatic N) is 2. The van der Waals surface area contributed by atoms with Crippen LogP contribution in [-0.2, 0) is 6.54 Å². The number of pyridine rings is 1. The van der Waals surface area contributed by atoms with Gasteiger partial charge >= 0.3 is 0 Å². The van der Waals surface area contributed by atoms with Gasteiger partial charge in [-0.3, -0.25) is 9.88 Å². The molecule has 1 aromatic carbocycles. The molecule has 2 aromatic heterocycles. The van der Waals surface area contributed by atoms with Crippen LogP contribution in [0.5, 0.6) is 0 Å². The fraction of sp³-hybridized carbons (Fsp3) is 0.316. The van der Waals surface area contributed by atoms with E-state index in [1.807, 2.05) is 18.5 Å². The highest BCUT2D eigenvalue weighted by Crippen LogP contribution is 2.40. The minimum Gasteiger partial charge on any atom is -0.357 e. The summed E-state index contributed by atoms with van der Waals surface area (Å²) in [6.07, 6.45) is 6.38. The zero-order valence-corrected chi connectivity index (χ0v) is 12.5. The van der Waals surface area contributed by atoms with Crippen LogP contribution >= 0.6 is 0 Å². The van der Waals surface area contributed by atoms with Gasteiger partial charge in [-0.15, -0.1) is 0 Å². The summed E-state index contributed by atoms with van der Waals surface area (Å²) in [6, 6.07) is 10.8. The second-order valence-corrected chi connectivity index (χ2v) is 6.54. The van der Waals surface area contributed by atoms with Crippen LogP contribution in [0.1, 0.15) is 30.0 Å². The molecule has 3 heteroatoms. The number of hydrogen-bond donors (Lipinski definition) is 1. The normalized spacial score (nSPS) is 23.5. The largest absolute Gasteiger partial charge is 0.357 e. The van der Waals surface area contributed by atoms with Crippen LogP contribution in [0.4, 0.5) is 0 Å². The lowest BCUT2D eigenvalue weighted by molar-refractivity contribution is 0.220. The van der Waals surface area contributed by atoms with Crippen LogP contribution in [0.25, 0.3) is 22.0 Å². The molecule has 0 unspecified atom stereocenters. The average Bonchev–Trinajstić information content (AvgIpc) is 2.76. The van der Waals surface area contributed by atoms with Crippen molar-refractivity contribution in [1.82, 2.24) is 14.9 Å². The summed E-state index contributed by atoms with van der Waals surface area (Å²) >= 11 is 0. The number of aromatic nitrogens is 2. The van der Waals surface area contributed by atoms with E-state index in [4.69, 9.17) is 0 Å². The minimum absolute atomic E-state index is 0.711. The number of hydrogen-bond acceptors (Lipinski definition) is 2. The van der Waals surface area contributed by atoms with E-state index in [2.05, 4.69) is 39.1 Å². The molecule has 6 rings (SSSR count). The average molecular weight is 289 g/mol. The van der Waals surface area contributed by atoms with E-state index in [-0.39, 0.29) is 0 Å². The summed E-state index contributed by atoms with van der Waals surface area (Å²) < 4.78 is 0. The third kappa shape index (κ3) is 1.75. The predicted octanol–water partition coefficient (Wildman–Crippen LogP) is 3.92. The van der Waals surface area contributed by atoms with Gasteiger partial charge in [0, 0.05) is 47.1 Å². The molecule has 22 heavy (non-hydrogen) atoms. The number of benzene rings is 1.